The Balaban J connectivity index is 1.34. The number of carbonyl (C=O) groups is 2. The van der Waals surface area contributed by atoms with Crippen LogP contribution in [0.2, 0.25) is 0 Å². The fourth-order valence-corrected chi connectivity index (χ4v) is 4.20. The quantitative estimate of drug-likeness (QED) is 0.454. The highest BCUT2D eigenvalue weighted by atomic mass is 16.7. The number of fused-ring (bicyclic) bond motifs is 2. The van der Waals surface area contributed by atoms with Gasteiger partial charge in [-0.15, -0.1) is 0 Å². The van der Waals surface area contributed by atoms with Crippen LogP contribution < -0.4 is 29.6 Å². The van der Waals surface area contributed by atoms with Crippen molar-refractivity contribution >= 4 is 17.7 Å². The van der Waals surface area contributed by atoms with Gasteiger partial charge in [0.25, 0.3) is 0 Å². The summed E-state index contributed by atoms with van der Waals surface area (Å²) in [4.78, 5) is 25.3. The average molecular weight is 491 g/mol. The standard InChI is InChI=1S/C27H26N2O7/c1-2-32-26(30)20-5-3-4-6-21(20)29-27(31)28-19(11-17-7-9-22-24(13-17)35-15-33-22)12-18-8-10-23-25(14-18)36-16-34-23/h3-10,13-14,19H,2,11-12,15-16H2,1H3,(H2,28,29,31). The van der Waals surface area contributed by atoms with Crippen LogP contribution in [0.25, 0.3) is 0 Å². The second kappa shape index (κ2) is 10.5. The van der Waals surface area contributed by atoms with Gasteiger partial charge in [0.1, 0.15) is 0 Å². The van der Waals surface area contributed by atoms with Gasteiger partial charge in [0.15, 0.2) is 23.0 Å². The SMILES string of the molecule is CCOC(=O)c1ccccc1NC(=O)NC(Cc1ccc2c(c1)OCO2)Cc1ccc2c(c1)OCO2. The summed E-state index contributed by atoms with van der Waals surface area (Å²) < 4.78 is 26.9. The maximum Gasteiger partial charge on any atom is 0.340 e. The van der Waals surface area contributed by atoms with Crippen molar-refractivity contribution in [2.45, 2.75) is 25.8 Å². The van der Waals surface area contributed by atoms with E-state index in [1.165, 1.54) is 0 Å². The van der Waals surface area contributed by atoms with E-state index in [0.717, 1.165) is 11.1 Å². The predicted molar refractivity (Wildman–Crippen MR) is 131 cm³/mol. The third-order valence-electron chi connectivity index (χ3n) is 5.84. The van der Waals surface area contributed by atoms with Crippen LogP contribution in [0, 0.1) is 0 Å². The molecule has 2 aliphatic rings. The van der Waals surface area contributed by atoms with E-state index in [0.29, 0.717) is 41.5 Å². The molecule has 5 rings (SSSR count). The molecule has 0 saturated heterocycles. The van der Waals surface area contributed by atoms with Gasteiger partial charge in [-0.2, -0.15) is 0 Å². The van der Waals surface area contributed by atoms with Crippen LogP contribution >= 0.6 is 0 Å². The smallest absolute Gasteiger partial charge is 0.340 e. The van der Waals surface area contributed by atoms with Crippen LogP contribution in [0.3, 0.4) is 0 Å². The van der Waals surface area contributed by atoms with Gasteiger partial charge in [-0.25, -0.2) is 9.59 Å². The normalized spacial score (nSPS) is 12.9. The zero-order valence-electron chi connectivity index (χ0n) is 19.7. The molecular formula is C27H26N2O7. The topological polar surface area (TPSA) is 104 Å². The Kier molecular flexibility index (Phi) is 6.79. The molecule has 36 heavy (non-hydrogen) atoms. The molecule has 3 aromatic carbocycles. The lowest BCUT2D eigenvalue weighted by molar-refractivity contribution is 0.0527. The summed E-state index contributed by atoms with van der Waals surface area (Å²) in [5.41, 5.74) is 2.63. The third-order valence-corrected chi connectivity index (χ3v) is 5.84. The number of benzene rings is 3. The molecule has 0 spiro atoms. The van der Waals surface area contributed by atoms with Crippen LogP contribution in [0.4, 0.5) is 10.5 Å². The second-order valence-corrected chi connectivity index (χ2v) is 8.34. The van der Waals surface area contributed by atoms with Gasteiger partial charge in [0.05, 0.1) is 17.9 Å². The van der Waals surface area contributed by atoms with Crippen LogP contribution in [0.5, 0.6) is 23.0 Å². The molecule has 0 saturated carbocycles. The summed E-state index contributed by atoms with van der Waals surface area (Å²) >= 11 is 0. The fraction of sp³-hybridized carbons (Fsp3) is 0.259. The van der Waals surface area contributed by atoms with E-state index < -0.39 is 12.0 Å². The lowest BCUT2D eigenvalue weighted by Gasteiger charge is -2.20. The molecule has 0 atom stereocenters. The van der Waals surface area contributed by atoms with Gasteiger partial charge < -0.3 is 34.3 Å². The molecule has 9 nitrogen and oxygen atoms in total. The maximum atomic E-state index is 13.0. The van der Waals surface area contributed by atoms with Gasteiger partial charge in [-0.3, -0.25) is 0 Å². The van der Waals surface area contributed by atoms with Crippen molar-refractivity contribution in [1.29, 1.82) is 0 Å². The molecule has 186 valence electrons. The number of para-hydroxylation sites is 1. The van der Waals surface area contributed by atoms with Crippen molar-refractivity contribution in [2.75, 3.05) is 25.5 Å². The van der Waals surface area contributed by atoms with Gasteiger partial charge in [-0.1, -0.05) is 24.3 Å². The Bertz CT molecular complexity index is 1220. The first-order chi connectivity index (χ1) is 17.6. The molecule has 0 fully saturated rings. The minimum Gasteiger partial charge on any atom is -0.462 e. The van der Waals surface area contributed by atoms with Crippen molar-refractivity contribution in [3.8, 4) is 23.0 Å². The highest BCUT2D eigenvalue weighted by molar-refractivity contribution is 6.00. The second-order valence-electron chi connectivity index (χ2n) is 8.34. The van der Waals surface area contributed by atoms with Crippen molar-refractivity contribution in [3.63, 3.8) is 0 Å². The van der Waals surface area contributed by atoms with E-state index in [9.17, 15) is 9.59 Å². The van der Waals surface area contributed by atoms with Crippen molar-refractivity contribution in [1.82, 2.24) is 5.32 Å². The van der Waals surface area contributed by atoms with E-state index in [1.54, 1.807) is 31.2 Å². The highest BCUT2D eigenvalue weighted by Crippen LogP contribution is 2.34. The fourth-order valence-electron chi connectivity index (χ4n) is 4.20. The molecule has 0 unspecified atom stereocenters. The molecule has 2 aliphatic heterocycles. The number of ether oxygens (including phenoxy) is 5. The number of hydrogen-bond donors (Lipinski definition) is 2. The lowest BCUT2D eigenvalue weighted by atomic mass is 9.98. The summed E-state index contributed by atoms with van der Waals surface area (Å²) in [5, 5.41) is 5.84. The van der Waals surface area contributed by atoms with E-state index >= 15 is 0 Å². The molecule has 0 aromatic heterocycles. The van der Waals surface area contributed by atoms with Crippen LogP contribution in [0.15, 0.2) is 60.7 Å². The molecule has 2 N–H and O–H groups in total. The van der Waals surface area contributed by atoms with E-state index in [2.05, 4.69) is 10.6 Å². The number of nitrogens with one attached hydrogen (secondary N) is 2. The molecule has 9 heteroatoms. The van der Waals surface area contributed by atoms with E-state index in [4.69, 9.17) is 23.7 Å². The van der Waals surface area contributed by atoms with Crippen molar-refractivity contribution in [2.24, 2.45) is 0 Å². The Morgan fingerprint density at radius 3 is 2.03 bits per heavy atom. The summed E-state index contributed by atoms with van der Waals surface area (Å²) in [6, 6.07) is 17.5. The maximum absolute atomic E-state index is 13.0. The molecule has 0 aliphatic carbocycles. The summed E-state index contributed by atoms with van der Waals surface area (Å²) in [7, 11) is 0. The number of esters is 1. The molecule has 0 radical (unpaired) electrons. The first-order valence-electron chi connectivity index (χ1n) is 11.7. The van der Waals surface area contributed by atoms with Crippen molar-refractivity contribution < 1.29 is 33.3 Å². The average Bonchev–Trinajstić information content (AvgIpc) is 3.53. The summed E-state index contributed by atoms with van der Waals surface area (Å²) in [6.45, 7) is 2.36. The zero-order chi connectivity index (χ0) is 24.9. The van der Waals surface area contributed by atoms with Crippen LogP contribution in [0.1, 0.15) is 28.4 Å². The van der Waals surface area contributed by atoms with Gasteiger partial charge in [0, 0.05) is 6.04 Å². The number of carbonyl (C=O) groups excluding carboxylic acids is 2. The van der Waals surface area contributed by atoms with Gasteiger partial charge in [0.2, 0.25) is 13.6 Å². The summed E-state index contributed by atoms with van der Waals surface area (Å²) in [6.07, 6.45) is 1.08. The third kappa shape index (κ3) is 5.30. The lowest BCUT2D eigenvalue weighted by Crippen LogP contribution is -2.41. The highest BCUT2D eigenvalue weighted by Gasteiger charge is 2.21. The first kappa shape index (κ1) is 23.3. The number of anilines is 1. The Morgan fingerprint density at radius 1 is 0.833 bits per heavy atom. The van der Waals surface area contributed by atoms with Gasteiger partial charge in [-0.05, 0) is 67.3 Å². The number of amides is 2. The molecule has 0 bridgehead atoms. The molecule has 3 aromatic rings. The first-order valence-corrected chi connectivity index (χ1v) is 11.7. The minimum absolute atomic E-state index is 0.194. The molecular weight excluding hydrogens is 464 g/mol. The largest absolute Gasteiger partial charge is 0.462 e. The molecule has 2 amide bonds. The monoisotopic (exact) mass is 490 g/mol. The zero-order valence-corrected chi connectivity index (χ0v) is 19.7. The van der Waals surface area contributed by atoms with Crippen molar-refractivity contribution in [3.05, 3.63) is 77.4 Å². The predicted octanol–water partition coefficient (Wildman–Crippen LogP) is 4.30. The van der Waals surface area contributed by atoms with E-state index in [-0.39, 0.29) is 31.8 Å². The Hall–Kier alpha value is -4.40. The van der Waals surface area contributed by atoms with Crippen LogP contribution in [-0.2, 0) is 17.6 Å². The van der Waals surface area contributed by atoms with E-state index in [1.807, 2.05) is 36.4 Å². The van der Waals surface area contributed by atoms with Crippen LogP contribution in [-0.4, -0.2) is 38.2 Å². The minimum atomic E-state index is -0.495. The number of rotatable bonds is 8. The Morgan fingerprint density at radius 2 is 1.42 bits per heavy atom. The summed E-state index contributed by atoms with van der Waals surface area (Å²) in [5.74, 6) is 2.27. The number of urea groups is 1. The number of hydrogen-bond acceptors (Lipinski definition) is 7. The Labute approximate surface area is 208 Å². The molecule has 2 heterocycles. The van der Waals surface area contributed by atoms with Gasteiger partial charge >= 0.3 is 12.0 Å².